The number of carbonyl (C=O) groups excluding carboxylic acids is 1. The SMILES string of the molecule is COc1ccc(NC(=O)N2CCN(CCn3ccnc3)CC2)c(OC)c1. The number of nitrogens with zero attached hydrogens (tertiary/aromatic N) is 4. The normalized spacial score (nSPS) is 14.9. The van der Waals surface area contributed by atoms with Crippen LogP contribution in [0.4, 0.5) is 10.5 Å². The summed E-state index contributed by atoms with van der Waals surface area (Å²) in [6, 6.07) is 5.23. The van der Waals surface area contributed by atoms with Gasteiger partial charge < -0.3 is 24.3 Å². The lowest BCUT2D eigenvalue weighted by Crippen LogP contribution is -2.50. The Labute approximate surface area is 153 Å². The standard InChI is InChI=1S/C18H25N5O3/c1-25-15-3-4-16(17(13-15)26-2)20-18(24)23-11-9-21(10-12-23)7-8-22-6-5-19-14-22/h3-6,13-14H,7-12H2,1-2H3,(H,20,24). The number of urea groups is 1. The number of nitrogens with one attached hydrogen (secondary N) is 1. The van der Waals surface area contributed by atoms with Crippen LogP contribution in [0, 0.1) is 0 Å². The quantitative estimate of drug-likeness (QED) is 0.851. The number of amides is 2. The molecule has 0 atom stereocenters. The van der Waals surface area contributed by atoms with E-state index in [2.05, 4.69) is 19.8 Å². The molecule has 0 spiro atoms. The van der Waals surface area contributed by atoms with Crippen molar-refractivity contribution in [3.63, 3.8) is 0 Å². The van der Waals surface area contributed by atoms with E-state index in [-0.39, 0.29) is 6.03 Å². The molecule has 0 radical (unpaired) electrons. The Morgan fingerprint density at radius 3 is 2.62 bits per heavy atom. The highest BCUT2D eigenvalue weighted by atomic mass is 16.5. The molecule has 140 valence electrons. The number of rotatable bonds is 6. The topological polar surface area (TPSA) is 71.9 Å². The van der Waals surface area contributed by atoms with Gasteiger partial charge in [0.15, 0.2) is 0 Å². The molecule has 3 rings (SSSR count). The number of benzene rings is 1. The van der Waals surface area contributed by atoms with Gasteiger partial charge in [-0.25, -0.2) is 9.78 Å². The van der Waals surface area contributed by atoms with Crippen molar-refractivity contribution in [1.29, 1.82) is 0 Å². The van der Waals surface area contributed by atoms with E-state index in [1.807, 2.05) is 17.4 Å². The summed E-state index contributed by atoms with van der Waals surface area (Å²) < 4.78 is 12.6. The van der Waals surface area contributed by atoms with Gasteiger partial charge in [0.2, 0.25) is 0 Å². The molecule has 1 N–H and O–H groups in total. The van der Waals surface area contributed by atoms with Crippen molar-refractivity contribution in [1.82, 2.24) is 19.4 Å². The third kappa shape index (κ3) is 4.45. The average molecular weight is 359 g/mol. The summed E-state index contributed by atoms with van der Waals surface area (Å²) in [5.74, 6) is 1.27. The molecular formula is C18H25N5O3. The van der Waals surface area contributed by atoms with Gasteiger partial charge in [-0.05, 0) is 12.1 Å². The molecule has 2 aromatic rings. The van der Waals surface area contributed by atoms with E-state index in [0.29, 0.717) is 30.3 Å². The zero-order valence-corrected chi connectivity index (χ0v) is 15.2. The molecule has 0 unspecified atom stereocenters. The fraction of sp³-hybridized carbons (Fsp3) is 0.444. The van der Waals surface area contributed by atoms with Crippen molar-refractivity contribution in [3.8, 4) is 11.5 Å². The summed E-state index contributed by atoms with van der Waals surface area (Å²) in [5, 5.41) is 2.93. The number of carbonyl (C=O) groups is 1. The van der Waals surface area contributed by atoms with E-state index in [0.717, 1.165) is 26.2 Å². The largest absolute Gasteiger partial charge is 0.497 e. The van der Waals surface area contributed by atoms with Crippen LogP contribution in [0.25, 0.3) is 0 Å². The molecule has 0 saturated carbocycles. The van der Waals surface area contributed by atoms with Crippen molar-refractivity contribution in [3.05, 3.63) is 36.9 Å². The maximum Gasteiger partial charge on any atom is 0.322 e. The van der Waals surface area contributed by atoms with E-state index < -0.39 is 0 Å². The van der Waals surface area contributed by atoms with E-state index in [4.69, 9.17) is 9.47 Å². The number of ether oxygens (including phenoxy) is 2. The molecular weight excluding hydrogens is 334 g/mol. The van der Waals surface area contributed by atoms with Crippen LogP contribution < -0.4 is 14.8 Å². The highest BCUT2D eigenvalue weighted by Crippen LogP contribution is 2.29. The number of imidazole rings is 1. The summed E-state index contributed by atoms with van der Waals surface area (Å²) in [6.45, 7) is 5.00. The van der Waals surface area contributed by atoms with Crippen LogP contribution in [0.2, 0.25) is 0 Å². The van der Waals surface area contributed by atoms with Gasteiger partial charge in [0.1, 0.15) is 11.5 Å². The monoisotopic (exact) mass is 359 g/mol. The molecule has 1 aliphatic heterocycles. The highest BCUT2D eigenvalue weighted by Gasteiger charge is 2.21. The predicted molar refractivity (Wildman–Crippen MR) is 98.8 cm³/mol. The number of methoxy groups -OCH3 is 2. The second-order valence-electron chi connectivity index (χ2n) is 6.13. The molecule has 1 aromatic heterocycles. The van der Waals surface area contributed by atoms with Gasteiger partial charge in [-0.1, -0.05) is 0 Å². The van der Waals surface area contributed by atoms with Crippen LogP contribution in [0.1, 0.15) is 0 Å². The van der Waals surface area contributed by atoms with Gasteiger partial charge in [0.25, 0.3) is 0 Å². The van der Waals surface area contributed by atoms with Gasteiger partial charge in [-0.15, -0.1) is 0 Å². The maximum absolute atomic E-state index is 12.5. The minimum atomic E-state index is -0.109. The molecule has 8 heteroatoms. The predicted octanol–water partition coefficient (Wildman–Crippen LogP) is 1.75. The number of piperazine rings is 1. The Balaban J connectivity index is 1.49. The molecule has 1 aliphatic rings. The van der Waals surface area contributed by atoms with Gasteiger partial charge in [0, 0.05) is 57.7 Å². The Morgan fingerprint density at radius 1 is 1.15 bits per heavy atom. The highest BCUT2D eigenvalue weighted by molar-refractivity contribution is 5.91. The third-order valence-corrected chi connectivity index (χ3v) is 4.54. The minimum Gasteiger partial charge on any atom is -0.497 e. The zero-order valence-electron chi connectivity index (χ0n) is 15.2. The molecule has 8 nitrogen and oxygen atoms in total. The van der Waals surface area contributed by atoms with Crippen molar-refractivity contribution in [2.75, 3.05) is 52.3 Å². The van der Waals surface area contributed by atoms with Crippen LogP contribution in [0.3, 0.4) is 0 Å². The first-order valence-corrected chi connectivity index (χ1v) is 8.65. The van der Waals surface area contributed by atoms with E-state index >= 15 is 0 Å². The van der Waals surface area contributed by atoms with Gasteiger partial charge in [0.05, 0.1) is 26.2 Å². The van der Waals surface area contributed by atoms with E-state index in [9.17, 15) is 4.79 Å². The second-order valence-corrected chi connectivity index (χ2v) is 6.13. The van der Waals surface area contributed by atoms with Crippen LogP contribution in [0.15, 0.2) is 36.9 Å². The van der Waals surface area contributed by atoms with Crippen molar-refractivity contribution >= 4 is 11.7 Å². The van der Waals surface area contributed by atoms with E-state index in [1.165, 1.54) is 0 Å². The first kappa shape index (κ1) is 18.1. The number of anilines is 1. The lowest BCUT2D eigenvalue weighted by atomic mass is 10.2. The Hall–Kier alpha value is -2.74. The lowest BCUT2D eigenvalue weighted by molar-refractivity contribution is 0.144. The maximum atomic E-state index is 12.5. The summed E-state index contributed by atoms with van der Waals surface area (Å²) in [5.41, 5.74) is 0.640. The molecule has 1 fully saturated rings. The molecule has 0 bridgehead atoms. The molecule has 2 amide bonds. The van der Waals surface area contributed by atoms with Gasteiger partial charge >= 0.3 is 6.03 Å². The van der Waals surface area contributed by atoms with Crippen LogP contribution in [-0.4, -0.2) is 72.3 Å². The first-order chi connectivity index (χ1) is 12.7. The minimum absolute atomic E-state index is 0.109. The lowest BCUT2D eigenvalue weighted by Gasteiger charge is -2.34. The zero-order chi connectivity index (χ0) is 18.4. The third-order valence-electron chi connectivity index (χ3n) is 4.54. The molecule has 1 aromatic carbocycles. The fourth-order valence-corrected chi connectivity index (χ4v) is 2.95. The molecule has 2 heterocycles. The Kier molecular flexibility index (Phi) is 5.96. The summed E-state index contributed by atoms with van der Waals surface area (Å²) >= 11 is 0. The van der Waals surface area contributed by atoms with Gasteiger partial charge in [-0.3, -0.25) is 4.90 Å². The summed E-state index contributed by atoms with van der Waals surface area (Å²) in [4.78, 5) is 20.8. The number of hydrogen-bond acceptors (Lipinski definition) is 5. The number of aromatic nitrogens is 2. The second kappa shape index (κ2) is 8.57. The number of hydrogen-bond donors (Lipinski definition) is 1. The molecule has 26 heavy (non-hydrogen) atoms. The Bertz CT molecular complexity index is 712. The van der Waals surface area contributed by atoms with Crippen molar-refractivity contribution < 1.29 is 14.3 Å². The van der Waals surface area contributed by atoms with Gasteiger partial charge in [-0.2, -0.15) is 0 Å². The van der Waals surface area contributed by atoms with Crippen LogP contribution >= 0.6 is 0 Å². The smallest absolute Gasteiger partial charge is 0.322 e. The first-order valence-electron chi connectivity index (χ1n) is 8.65. The van der Waals surface area contributed by atoms with Crippen molar-refractivity contribution in [2.45, 2.75) is 6.54 Å². The molecule has 0 aliphatic carbocycles. The van der Waals surface area contributed by atoms with Crippen LogP contribution in [-0.2, 0) is 6.54 Å². The summed E-state index contributed by atoms with van der Waals surface area (Å²) in [7, 11) is 3.17. The van der Waals surface area contributed by atoms with Crippen molar-refractivity contribution in [2.24, 2.45) is 0 Å². The Morgan fingerprint density at radius 2 is 1.96 bits per heavy atom. The van der Waals surface area contributed by atoms with E-state index in [1.54, 1.807) is 38.6 Å². The van der Waals surface area contributed by atoms with Crippen LogP contribution in [0.5, 0.6) is 11.5 Å². The summed E-state index contributed by atoms with van der Waals surface area (Å²) in [6.07, 6.45) is 5.58. The average Bonchev–Trinajstić information content (AvgIpc) is 3.20. The molecule has 1 saturated heterocycles. The fourth-order valence-electron chi connectivity index (χ4n) is 2.95.